The maximum absolute atomic E-state index is 12.6. The molecule has 1 fully saturated rings. The van der Waals surface area contributed by atoms with Gasteiger partial charge < -0.3 is 14.6 Å². The van der Waals surface area contributed by atoms with E-state index >= 15 is 0 Å². The van der Waals surface area contributed by atoms with E-state index in [4.69, 9.17) is 10.8 Å². The number of nitro groups is 1. The first-order valence-corrected chi connectivity index (χ1v) is 11.5. The van der Waals surface area contributed by atoms with Crippen LogP contribution in [0.25, 0.3) is 11.5 Å². The van der Waals surface area contributed by atoms with E-state index in [1.807, 2.05) is 24.3 Å². The quantitative estimate of drug-likeness (QED) is 0.225. The van der Waals surface area contributed by atoms with Gasteiger partial charge in [0.15, 0.2) is 0 Å². The maximum atomic E-state index is 12.6. The van der Waals surface area contributed by atoms with Crippen LogP contribution in [0.4, 0.5) is 17.1 Å². The number of carbonyl (C=O) groups is 1. The zero-order valence-electron chi connectivity index (χ0n) is 18.2. The summed E-state index contributed by atoms with van der Waals surface area (Å²) in [7, 11) is 0. The van der Waals surface area contributed by atoms with Crippen molar-refractivity contribution in [2.45, 2.75) is 5.22 Å². The van der Waals surface area contributed by atoms with Crippen molar-refractivity contribution in [3.8, 4) is 23.8 Å². The number of benzene rings is 2. The Morgan fingerprint density at radius 1 is 1.15 bits per heavy atom. The fraction of sp³-hybridized carbons (Fsp3) is 0.261. The normalized spacial score (nSPS) is 13.9. The zero-order valence-corrected chi connectivity index (χ0v) is 19.0. The van der Waals surface area contributed by atoms with Crippen LogP contribution in [0.15, 0.2) is 58.2 Å². The van der Waals surface area contributed by atoms with E-state index in [0.29, 0.717) is 12.1 Å². The topological polar surface area (TPSA) is 118 Å². The molecule has 2 heterocycles. The third-order valence-electron chi connectivity index (χ3n) is 5.26. The van der Waals surface area contributed by atoms with Crippen LogP contribution in [0.5, 0.6) is 0 Å². The van der Waals surface area contributed by atoms with Gasteiger partial charge in [0.2, 0.25) is 11.8 Å². The number of hydrogen-bond acceptors (Lipinski definition) is 9. The molecule has 1 aromatic heterocycles. The first-order chi connectivity index (χ1) is 16.5. The van der Waals surface area contributed by atoms with Crippen LogP contribution in [0.1, 0.15) is 0 Å². The summed E-state index contributed by atoms with van der Waals surface area (Å²) in [5.41, 5.74) is 2.25. The number of non-ortho nitro benzene ring substituents is 1. The molecular formula is C23H22N6O4S. The number of terminal acetylenes is 1. The summed E-state index contributed by atoms with van der Waals surface area (Å²) in [6.07, 6.45) is 5.41. The largest absolute Gasteiger partial charge is 0.411 e. The van der Waals surface area contributed by atoms with Crippen LogP contribution in [0.3, 0.4) is 0 Å². The first kappa shape index (κ1) is 23.3. The van der Waals surface area contributed by atoms with Crippen LogP contribution in [0.2, 0.25) is 0 Å². The maximum Gasteiger partial charge on any atom is 0.277 e. The van der Waals surface area contributed by atoms with Crippen molar-refractivity contribution >= 4 is 34.7 Å². The molecule has 34 heavy (non-hydrogen) atoms. The Morgan fingerprint density at radius 2 is 1.88 bits per heavy atom. The summed E-state index contributed by atoms with van der Waals surface area (Å²) in [5.74, 6) is 2.80. The summed E-state index contributed by atoms with van der Waals surface area (Å²) in [4.78, 5) is 27.4. The van der Waals surface area contributed by atoms with Crippen molar-refractivity contribution in [2.24, 2.45) is 0 Å². The van der Waals surface area contributed by atoms with E-state index in [1.54, 1.807) is 0 Å². The van der Waals surface area contributed by atoms with Crippen molar-refractivity contribution < 1.29 is 14.1 Å². The second-order valence-electron chi connectivity index (χ2n) is 7.50. The number of nitrogens with one attached hydrogen (secondary N) is 1. The highest BCUT2D eigenvalue weighted by Crippen LogP contribution is 2.28. The van der Waals surface area contributed by atoms with Crippen molar-refractivity contribution in [1.82, 2.24) is 15.1 Å². The number of aromatic nitrogens is 2. The number of piperazine rings is 1. The minimum atomic E-state index is -0.477. The molecule has 0 spiro atoms. The van der Waals surface area contributed by atoms with Gasteiger partial charge in [0.25, 0.3) is 10.9 Å². The number of anilines is 2. The Hall–Kier alpha value is -3.88. The number of nitro benzene ring substituents is 1. The summed E-state index contributed by atoms with van der Waals surface area (Å²) in [6.45, 7) is 4.05. The molecule has 2 aromatic carbocycles. The molecule has 0 radical (unpaired) electrons. The van der Waals surface area contributed by atoms with Crippen LogP contribution >= 0.6 is 11.8 Å². The second-order valence-corrected chi connectivity index (χ2v) is 8.43. The molecular weight excluding hydrogens is 456 g/mol. The van der Waals surface area contributed by atoms with Crippen LogP contribution < -0.4 is 10.2 Å². The van der Waals surface area contributed by atoms with E-state index < -0.39 is 4.92 Å². The van der Waals surface area contributed by atoms with Gasteiger partial charge in [0.05, 0.1) is 28.6 Å². The number of rotatable bonds is 8. The minimum absolute atomic E-state index is 0.0238. The molecule has 0 saturated carbocycles. The van der Waals surface area contributed by atoms with E-state index in [0.717, 1.165) is 49.3 Å². The molecule has 174 valence electrons. The predicted molar refractivity (Wildman–Crippen MR) is 130 cm³/mol. The molecule has 4 rings (SSSR count). The Morgan fingerprint density at radius 3 is 2.59 bits per heavy atom. The molecule has 1 saturated heterocycles. The first-order valence-electron chi connectivity index (χ1n) is 10.5. The lowest BCUT2D eigenvalue weighted by Crippen LogP contribution is -2.46. The number of para-hydroxylation sites is 2. The Bertz CT molecular complexity index is 1200. The van der Waals surface area contributed by atoms with Gasteiger partial charge >= 0.3 is 0 Å². The summed E-state index contributed by atoms with van der Waals surface area (Å²) in [6, 6.07) is 13.5. The number of nitrogens with zero attached hydrogens (tertiary/aromatic N) is 5. The average Bonchev–Trinajstić information content (AvgIpc) is 3.33. The molecule has 1 aliphatic heterocycles. The van der Waals surface area contributed by atoms with Gasteiger partial charge in [-0.2, -0.15) is 0 Å². The highest BCUT2D eigenvalue weighted by atomic mass is 32.2. The predicted octanol–water partition coefficient (Wildman–Crippen LogP) is 3.13. The fourth-order valence-electron chi connectivity index (χ4n) is 3.56. The fourth-order valence-corrected chi connectivity index (χ4v) is 4.12. The van der Waals surface area contributed by atoms with Gasteiger partial charge in [0, 0.05) is 43.9 Å². The van der Waals surface area contributed by atoms with Crippen molar-refractivity contribution in [1.29, 1.82) is 0 Å². The van der Waals surface area contributed by atoms with E-state index in [9.17, 15) is 14.9 Å². The molecule has 1 N–H and O–H groups in total. The number of carbonyl (C=O) groups excluding carboxylic acids is 1. The standard InChI is InChI=1S/C23H22N6O4S/c1-2-11-27-12-14-28(15-13-27)20-6-4-3-5-19(20)24-21(30)16-34-23-26-25-22(33-23)17-7-9-18(10-8-17)29(31)32/h1,3-10H,11-16H2,(H,24,30). The Labute approximate surface area is 200 Å². The lowest BCUT2D eigenvalue weighted by molar-refractivity contribution is -0.384. The van der Waals surface area contributed by atoms with E-state index in [-0.39, 0.29) is 28.5 Å². The molecule has 10 nitrogen and oxygen atoms in total. The minimum Gasteiger partial charge on any atom is -0.411 e. The van der Waals surface area contributed by atoms with E-state index in [2.05, 4.69) is 31.2 Å². The van der Waals surface area contributed by atoms with Crippen LogP contribution in [0, 0.1) is 22.5 Å². The molecule has 1 amide bonds. The van der Waals surface area contributed by atoms with Gasteiger partial charge in [-0.05, 0) is 24.3 Å². The molecule has 0 unspecified atom stereocenters. The smallest absolute Gasteiger partial charge is 0.277 e. The molecule has 0 bridgehead atoms. The lowest BCUT2D eigenvalue weighted by atomic mass is 10.2. The van der Waals surface area contributed by atoms with Gasteiger partial charge in [0.1, 0.15) is 0 Å². The third-order valence-corrected chi connectivity index (χ3v) is 6.08. The number of amides is 1. The van der Waals surface area contributed by atoms with Crippen LogP contribution in [-0.4, -0.2) is 64.4 Å². The van der Waals surface area contributed by atoms with Gasteiger partial charge in [-0.25, -0.2) is 0 Å². The zero-order chi connectivity index (χ0) is 23.9. The second kappa shape index (κ2) is 10.8. The lowest BCUT2D eigenvalue weighted by Gasteiger charge is -2.36. The molecule has 11 heteroatoms. The highest BCUT2D eigenvalue weighted by molar-refractivity contribution is 7.99. The molecule has 0 atom stereocenters. The average molecular weight is 479 g/mol. The monoisotopic (exact) mass is 478 g/mol. The van der Waals surface area contributed by atoms with Gasteiger partial charge in [-0.3, -0.25) is 19.8 Å². The summed E-state index contributed by atoms with van der Waals surface area (Å²) >= 11 is 1.12. The summed E-state index contributed by atoms with van der Waals surface area (Å²) in [5, 5.41) is 21.9. The Kier molecular flexibility index (Phi) is 7.41. The highest BCUT2D eigenvalue weighted by Gasteiger charge is 2.19. The third kappa shape index (κ3) is 5.72. The van der Waals surface area contributed by atoms with Crippen molar-refractivity contribution in [3.05, 3.63) is 58.6 Å². The summed E-state index contributed by atoms with van der Waals surface area (Å²) < 4.78 is 5.58. The van der Waals surface area contributed by atoms with Crippen molar-refractivity contribution in [3.63, 3.8) is 0 Å². The Balaban J connectivity index is 1.33. The molecule has 0 aliphatic carbocycles. The van der Waals surface area contributed by atoms with E-state index in [1.165, 1.54) is 24.3 Å². The van der Waals surface area contributed by atoms with Crippen molar-refractivity contribution in [2.75, 3.05) is 48.7 Å². The SMILES string of the molecule is C#CCN1CCN(c2ccccc2NC(=O)CSc2nnc(-c3ccc([N+](=O)[O-])cc3)o2)CC1. The van der Waals surface area contributed by atoms with Crippen LogP contribution in [-0.2, 0) is 4.79 Å². The molecule has 1 aliphatic rings. The van der Waals surface area contributed by atoms with Gasteiger partial charge in [-0.15, -0.1) is 16.6 Å². The van der Waals surface area contributed by atoms with Gasteiger partial charge in [-0.1, -0.05) is 29.8 Å². The number of thioether (sulfide) groups is 1. The number of hydrogen-bond donors (Lipinski definition) is 1. The molecule has 3 aromatic rings.